The Kier molecular flexibility index (Phi) is 6.50. The van der Waals surface area contributed by atoms with E-state index in [1.807, 2.05) is 48.5 Å². The smallest absolute Gasteiger partial charge is 0.308 e. The molecule has 3 rings (SSSR count). The lowest BCUT2D eigenvalue weighted by Crippen LogP contribution is -2.19. The topological polar surface area (TPSA) is 83.1 Å². The average molecular weight is 415 g/mol. The highest BCUT2D eigenvalue weighted by Gasteiger charge is 2.13. The number of nitrogens with one attached hydrogen (secondary N) is 3. The lowest BCUT2D eigenvalue weighted by Gasteiger charge is -2.19. The van der Waals surface area contributed by atoms with E-state index < -0.39 is 0 Å². The first-order chi connectivity index (χ1) is 14.7. The summed E-state index contributed by atoms with van der Waals surface area (Å²) in [6.07, 6.45) is 1.19. The van der Waals surface area contributed by atoms with Gasteiger partial charge in [-0.25, -0.2) is 9.78 Å². The van der Waals surface area contributed by atoms with Crippen molar-refractivity contribution in [2.75, 3.05) is 16.0 Å². The second-order valence-corrected chi connectivity index (χ2v) is 8.09. The number of benzene rings is 2. The lowest BCUT2D eigenvalue weighted by molar-refractivity contribution is -0.111. The molecule has 0 fully saturated rings. The molecular formula is C25H26N4O2. The number of anilines is 3. The summed E-state index contributed by atoms with van der Waals surface area (Å²) in [7, 11) is 0. The highest BCUT2D eigenvalue weighted by Crippen LogP contribution is 2.24. The van der Waals surface area contributed by atoms with Crippen LogP contribution in [-0.2, 0) is 10.2 Å². The standard InChI is InChI=1S/C25H26N4O2/c1-5-23(30)29-22-8-6-7-21(28-22)17-9-13-19(14-10-17)26-24(31)27-20-15-11-18(12-16-20)25(2,3)4/h5-16H,1H2,2-4H3,(H2,26,27,31)(H,28,29,30). The number of carbonyl (C=O) groups excluding carboxylic acids is 2. The van der Waals surface area contributed by atoms with E-state index in [2.05, 4.69) is 48.3 Å². The minimum absolute atomic E-state index is 0.0636. The number of amides is 3. The summed E-state index contributed by atoms with van der Waals surface area (Å²) in [5, 5.41) is 8.30. The molecule has 0 aliphatic heterocycles. The zero-order chi connectivity index (χ0) is 22.4. The number of rotatable bonds is 5. The third kappa shape index (κ3) is 6.02. The normalized spacial score (nSPS) is 10.8. The number of carbonyl (C=O) groups is 2. The number of hydrogen-bond acceptors (Lipinski definition) is 3. The van der Waals surface area contributed by atoms with Gasteiger partial charge in [0, 0.05) is 16.9 Å². The van der Waals surface area contributed by atoms with Crippen molar-refractivity contribution in [2.24, 2.45) is 0 Å². The number of hydrogen-bond donors (Lipinski definition) is 3. The van der Waals surface area contributed by atoms with Crippen LogP contribution in [0.25, 0.3) is 11.3 Å². The van der Waals surface area contributed by atoms with Gasteiger partial charge in [0.1, 0.15) is 5.82 Å². The first-order valence-corrected chi connectivity index (χ1v) is 9.94. The first kappa shape index (κ1) is 21.8. The zero-order valence-electron chi connectivity index (χ0n) is 17.9. The molecule has 0 saturated heterocycles. The number of aromatic nitrogens is 1. The zero-order valence-corrected chi connectivity index (χ0v) is 17.9. The Morgan fingerprint density at radius 3 is 1.97 bits per heavy atom. The van der Waals surface area contributed by atoms with E-state index in [4.69, 9.17) is 0 Å². The number of pyridine rings is 1. The molecule has 3 aromatic rings. The first-order valence-electron chi connectivity index (χ1n) is 9.94. The van der Waals surface area contributed by atoms with Crippen molar-refractivity contribution < 1.29 is 9.59 Å². The number of nitrogens with zero attached hydrogens (tertiary/aromatic N) is 1. The van der Waals surface area contributed by atoms with Crippen LogP contribution in [0.4, 0.5) is 22.0 Å². The molecule has 2 aromatic carbocycles. The summed E-state index contributed by atoms with van der Waals surface area (Å²) in [4.78, 5) is 28.2. The van der Waals surface area contributed by atoms with E-state index in [1.54, 1.807) is 18.2 Å². The molecule has 0 radical (unpaired) electrons. The SMILES string of the molecule is C=CC(=O)Nc1cccc(-c2ccc(NC(=O)Nc3ccc(C(C)(C)C)cc3)cc2)n1. The van der Waals surface area contributed by atoms with Crippen LogP contribution in [0.15, 0.2) is 79.4 Å². The molecule has 0 atom stereocenters. The van der Waals surface area contributed by atoms with Gasteiger partial charge in [0.25, 0.3) is 0 Å². The van der Waals surface area contributed by atoms with E-state index in [-0.39, 0.29) is 17.4 Å². The van der Waals surface area contributed by atoms with Gasteiger partial charge in [0.15, 0.2) is 0 Å². The Morgan fingerprint density at radius 1 is 0.839 bits per heavy atom. The summed E-state index contributed by atoms with van der Waals surface area (Å²) in [5.41, 5.74) is 4.22. The molecule has 158 valence electrons. The molecule has 0 bridgehead atoms. The Labute approximate surface area is 182 Å². The molecule has 0 aliphatic rings. The third-order valence-electron chi connectivity index (χ3n) is 4.63. The van der Waals surface area contributed by atoms with Crippen LogP contribution in [0.3, 0.4) is 0 Å². The summed E-state index contributed by atoms with van der Waals surface area (Å²) in [6, 6.07) is 20.2. The Bertz CT molecular complexity index is 1080. The van der Waals surface area contributed by atoms with E-state index in [0.717, 1.165) is 11.3 Å². The van der Waals surface area contributed by atoms with E-state index in [9.17, 15) is 9.59 Å². The van der Waals surface area contributed by atoms with Crippen LogP contribution in [0.1, 0.15) is 26.3 Å². The summed E-state index contributed by atoms with van der Waals surface area (Å²) >= 11 is 0. The van der Waals surface area contributed by atoms with Crippen LogP contribution in [0.2, 0.25) is 0 Å². The van der Waals surface area contributed by atoms with Gasteiger partial charge in [-0.05, 0) is 53.5 Å². The lowest BCUT2D eigenvalue weighted by atomic mass is 9.87. The van der Waals surface area contributed by atoms with Gasteiger partial charge < -0.3 is 16.0 Å². The monoisotopic (exact) mass is 414 g/mol. The van der Waals surface area contributed by atoms with E-state index in [0.29, 0.717) is 17.2 Å². The Balaban J connectivity index is 1.63. The van der Waals surface area contributed by atoms with Gasteiger partial charge in [-0.1, -0.05) is 57.7 Å². The predicted molar refractivity (Wildman–Crippen MR) is 126 cm³/mol. The van der Waals surface area contributed by atoms with Crippen molar-refractivity contribution in [1.29, 1.82) is 0 Å². The predicted octanol–water partition coefficient (Wildman–Crippen LogP) is 5.81. The van der Waals surface area contributed by atoms with Crippen molar-refractivity contribution >= 4 is 29.1 Å². The molecule has 0 aliphatic carbocycles. The maximum atomic E-state index is 12.3. The molecule has 31 heavy (non-hydrogen) atoms. The molecule has 1 heterocycles. The van der Waals surface area contributed by atoms with Crippen molar-refractivity contribution in [1.82, 2.24) is 4.98 Å². The fourth-order valence-corrected chi connectivity index (χ4v) is 2.91. The Hall–Kier alpha value is -3.93. The molecule has 0 spiro atoms. The van der Waals surface area contributed by atoms with Crippen molar-refractivity contribution in [3.8, 4) is 11.3 Å². The van der Waals surface area contributed by atoms with Crippen molar-refractivity contribution in [3.63, 3.8) is 0 Å². The fraction of sp³-hybridized carbons (Fsp3) is 0.160. The van der Waals surface area contributed by atoms with E-state index in [1.165, 1.54) is 11.6 Å². The van der Waals surface area contributed by atoms with Gasteiger partial charge in [0.2, 0.25) is 5.91 Å². The molecule has 3 amide bonds. The minimum atomic E-state index is -0.316. The van der Waals surface area contributed by atoms with E-state index >= 15 is 0 Å². The van der Waals surface area contributed by atoms with Crippen LogP contribution >= 0.6 is 0 Å². The molecule has 3 N–H and O–H groups in total. The third-order valence-corrected chi connectivity index (χ3v) is 4.63. The summed E-state index contributed by atoms with van der Waals surface area (Å²) in [6.45, 7) is 9.87. The van der Waals surface area contributed by atoms with Gasteiger partial charge >= 0.3 is 6.03 Å². The second kappa shape index (κ2) is 9.26. The van der Waals surface area contributed by atoms with Gasteiger partial charge in [-0.15, -0.1) is 0 Å². The van der Waals surface area contributed by atoms with Crippen molar-refractivity contribution in [3.05, 3.63) is 84.9 Å². The summed E-state index contributed by atoms with van der Waals surface area (Å²) in [5.74, 6) is 0.129. The van der Waals surface area contributed by atoms with Gasteiger partial charge in [0.05, 0.1) is 5.69 Å². The van der Waals surface area contributed by atoms with Crippen LogP contribution in [0.5, 0.6) is 0 Å². The molecule has 1 aromatic heterocycles. The molecule has 0 saturated carbocycles. The minimum Gasteiger partial charge on any atom is -0.308 e. The number of urea groups is 1. The molecule has 0 unspecified atom stereocenters. The second-order valence-electron chi connectivity index (χ2n) is 8.09. The highest BCUT2D eigenvalue weighted by molar-refractivity contribution is 6.00. The fourth-order valence-electron chi connectivity index (χ4n) is 2.91. The summed E-state index contributed by atoms with van der Waals surface area (Å²) < 4.78 is 0. The van der Waals surface area contributed by atoms with Crippen molar-refractivity contribution in [2.45, 2.75) is 26.2 Å². The maximum Gasteiger partial charge on any atom is 0.323 e. The molecular weight excluding hydrogens is 388 g/mol. The molecule has 6 heteroatoms. The quantitative estimate of drug-likeness (QED) is 0.460. The maximum absolute atomic E-state index is 12.3. The van der Waals surface area contributed by atoms with Crippen LogP contribution in [0, 0.1) is 0 Å². The van der Waals surface area contributed by atoms with Gasteiger partial charge in [-0.3, -0.25) is 4.79 Å². The van der Waals surface area contributed by atoms with Crippen LogP contribution in [-0.4, -0.2) is 16.9 Å². The van der Waals surface area contributed by atoms with Crippen LogP contribution < -0.4 is 16.0 Å². The largest absolute Gasteiger partial charge is 0.323 e. The average Bonchev–Trinajstić information content (AvgIpc) is 2.74. The highest BCUT2D eigenvalue weighted by atomic mass is 16.2. The molecule has 6 nitrogen and oxygen atoms in total. The Morgan fingerprint density at radius 2 is 1.42 bits per heavy atom. The van der Waals surface area contributed by atoms with Gasteiger partial charge in [-0.2, -0.15) is 0 Å².